The van der Waals surface area contributed by atoms with E-state index >= 15 is 0 Å². The lowest BCUT2D eigenvalue weighted by Crippen LogP contribution is -1.99. The van der Waals surface area contributed by atoms with E-state index in [2.05, 4.69) is 15.1 Å². The van der Waals surface area contributed by atoms with Gasteiger partial charge in [0.05, 0.1) is 6.61 Å². The van der Waals surface area contributed by atoms with E-state index in [-0.39, 0.29) is 5.92 Å². The first kappa shape index (κ1) is 11.5. The molecule has 2 aromatic heterocycles. The number of pyridine rings is 1. The number of nitrogens with zero attached hydrogens (tertiary/aromatic N) is 3. The molecule has 0 amide bonds. The summed E-state index contributed by atoms with van der Waals surface area (Å²) in [5, 5.41) is 6.21. The Kier molecular flexibility index (Phi) is 2.70. The number of hydrogen-bond donors (Lipinski definition) is 0. The first-order valence-corrected chi connectivity index (χ1v) is 6.67. The van der Waals surface area contributed by atoms with Gasteiger partial charge in [-0.2, -0.15) is 4.98 Å². The lowest BCUT2D eigenvalue weighted by molar-refractivity contribution is 0.192. The summed E-state index contributed by atoms with van der Waals surface area (Å²) in [5.74, 6) is 1.43. The first-order valence-electron chi connectivity index (χ1n) is 6.67. The van der Waals surface area contributed by atoms with Crippen LogP contribution in [0.1, 0.15) is 18.2 Å². The molecule has 5 heteroatoms. The van der Waals surface area contributed by atoms with Crippen molar-refractivity contribution in [3.63, 3.8) is 0 Å². The van der Waals surface area contributed by atoms with Gasteiger partial charge in [0.2, 0.25) is 0 Å². The molecule has 0 unspecified atom stereocenters. The van der Waals surface area contributed by atoms with Gasteiger partial charge in [-0.15, -0.1) is 0 Å². The van der Waals surface area contributed by atoms with Gasteiger partial charge in [0.1, 0.15) is 5.69 Å². The molecule has 5 nitrogen and oxygen atoms in total. The van der Waals surface area contributed by atoms with Crippen LogP contribution in [0, 0.1) is 0 Å². The maximum Gasteiger partial charge on any atom is 0.277 e. The lowest BCUT2D eigenvalue weighted by Gasteiger charge is -2.00. The van der Waals surface area contributed by atoms with Crippen LogP contribution in [0.25, 0.3) is 22.4 Å². The molecule has 1 saturated heterocycles. The van der Waals surface area contributed by atoms with E-state index in [0.717, 1.165) is 29.5 Å². The summed E-state index contributed by atoms with van der Waals surface area (Å²) in [6.07, 6.45) is 2.71. The van der Waals surface area contributed by atoms with Crippen LogP contribution in [0.2, 0.25) is 0 Å². The summed E-state index contributed by atoms with van der Waals surface area (Å²) in [5.41, 5.74) is 0.737. The predicted molar refractivity (Wildman–Crippen MR) is 73.2 cm³/mol. The second-order valence-electron chi connectivity index (χ2n) is 4.90. The number of fused-ring (bicyclic) bond motifs is 1. The second kappa shape index (κ2) is 4.68. The molecule has 1 aliphatic heterocycles. The number of benzene rings is 1. The molecule has 100 valence electrons. The maximum absolute atomic E-state index is 5.39. The van der Waals surface area contributed by atoms with Crippen molar-refractivity contribution >= 4 is 10.8 Å². The Labute approximate surface area is 115 Å². The fourth-order valence-electron chi connectivity index (χ4n) is 2.53. The molecule has 4 rings (SSSR count). The minimum absolute atomic E-state index is 0.238. The molecule has 1 fully saturated rings. The average molecular weight is 267 g/mol. The van der Waals surface area contributed by atoms with Gasteiger partial charge >= 0.3 is 0 Å². The molecular formula is C15H13N3O2. The predicted octanol–water partition coefficient (Wildman–Crippen LogP) is 2.79. The third-order valence-electron chi connectivity index (χ3n) is 3.61. The van der Waals surface area contributed by atoms with Crippen molar-refractivity contribution in [2.24, 2.45) is 0 Å². The monoisotopic (exact) mass is 267 g/mol. The highest BCUT2D eigenvalue weighted by Gasteiger charge is 2.24. The van der Waals surface area contributed by atoms with Crippen molar-refractivity contribution in [1.29, 1.82) is 0 Å². The largest absolute Gasteiger partial charge is 0.381 e. The Balaban J connectivity index is 1.79. The zero-order valence-electron chi connectivity index (χ0n) is 10.8. The molecule has 3 heterocycles. The van der Waals surface area contributed by atoms with Crippen molar-refractivity contribution in [3.05, 3.63) is 42.4 Å². The van der Waals surface area contributed by atoms with Crippen molar-refractivity contribution in [2.45, 2.75) is 12.3 Å². The molecule has 0 aliphatic carbocycles. The van der Waals surface area contributed by atoms with Crippen molar-refractivity contribution < 1.29 is 9.26 Å². The zero-order valence-corrected chi connectivity index (χ0v) is 10.8. The summed E-state index contributed by atoms with van der Waals surface area (Å²) < 4.78 is 10.8. The van der Waals surface area contributed by atoms with E-state index in [1.165, 1.54) is 0 Å². The van der Waals surface area contributed by atoms with Gasteiger partial charge in [-0.3, -0.25) is 4.98 Å². The van der Waals surface area contributed by atoms with Gasteiger partial charge in [-0.25, -0.2) is 0 Å². The standard InChI is InChI=1S/C15H13N3O2/c1-2-4-12-10(3-1)5-7-16-13(12)15-17-14(18-20-15)11-6-8-19-9-11/h1-5,7,11H,6,8-9H2/t11-/m1/s1. The van der Waals surface area contributed by atoms with Gasteiger partial charge in [0.25, 0.3) is 5.89 Å². The summed E-state index contributed by atoms with van der Waals surface area (Å²) in [7, 11) is 0. The molecule has 1 aromatic carbocycles. The van der Waals surface area contributed by atoms with Crippen LogP contribution in [0.15, 0.2) is 41.1 Å². The number of hydrogen-bond acceptors (Lipinski definition) is 5. The molecule has 20 heavy (non-hydrogen) atoms. The molecule has 0 bridgehead atoms. The van der Waals surface area contributed by atoms with Crippen LogP contribution in [0.3, 0.4) is 0 Å². The zero-order chi connectivity index (χ0) is 13.4. The van der Waals surface area contributed by atoms with Crippen LogP contribution in [0.4, 0.5) is 0 Å². The van der Waals surface area contributed by atoms with E-state index < -0.39 is 0 Å². The highest BCUT2D eigenvalue weighted by Crippen LogP contribution is 2.28. The van der Waals surface area contributed by atoms with E-state index in [0.29, 0.717) is 18.3 Å². The summed E-state index contributed by atoms with van der Waals surface area (Å²) in [6.45, 7) is 1.43. The normalized spacial score (nSPS) is 18.7. The van der Waals surface area contributed by atoms with E-state index in [9.17, 15) is 0 Å². The third kappa shape index (κ3) is 1.87. The second-order valence-corrected chi connectivity index (χ2v) is 4.90. The van der Waals surface area contributed by atoms with Crippen LogP contribution in [-0.4, -0.2) is 28.3 Å². The van der Waals surface area contributed by atoms with Crippen molar-refractivity contribution in [3.8, 4) is 11.6 Å². The number of rotatable bonds is 2. The molecule has 3 aromatic rings. The highest BCUT2D eigenvalue weighted by molar-refractivity contribution is 5.92. The fraction of sp³-hybridized carbons (Fsp3) is 0.267. The Morgan fingerprint density at radius 2 is 2.10 bits per heavy atom. The highest BCUT2D eigenvalue weighted by atomic mass is 16.5. The van der Waals surface area contributed by atoms with E-state index in [4.69, 9.17) is 9.26 Å². The molecule has 1 aliphatic rings. The van der Waals surface area contributed by atoms with Crippen LogP contribution < -0.4 is 0 Å². The van der Waals surface area contributed by atoms with E-state index in [1.807, 2.05) is 30.3 Å². The summed E-state index contributed by atoms with van der Waals surface area (Å²) in [6, 6.07) is 10.0. The van der Waals surface area contributed by atoms with Gasteiger partial charge in [0.15, 0.2) is 5.82 Å². The van der Waals surface area contributed by atoms with Crippen molar-refractivity contribution in [2.75, 3.05) is 13.2 Å². The van der Waals surface area contributed by atoms with E-state index in [1.54, 1.807) is 6.20 Å². The SMILES string of the molecule is c1ccc2c(-c3nc([C@@H]4CCOC4)no3)nccc2c1. The Hall–Kier alpha value is -2.27. The topological polar surface area (TPSA) is 61.0 Å². The Morgan fingerprint density at radius 3 is 3.00 bits per heavy atom. The van der Waals surface area contributed by atoms with Gasteiger partial charge < -0.3 is 9.26 Å². The first-order chi connectivity index (χ1) is 9.92. The summed E-state index contributed by atoms with van der Waals surface area (Å²) in [4.78, 5) is 8.88. The summed E-state index contributed by atoms with van der Waals surface area (Å²) >= 11 is 0. The smallest absolute Gasteiger partial charge is 0.277 e. The van der Waals surface area contributed by atoms with Crippen LogP contribution in [-0.2, 0) is 4.74 Å². The minimum Gasteiger partial charge on any atom is -0.381 e. The molecule has 0 radical (unpaired) electrons. The number of ether oxygens (including phenoxy) is 1. The molecular weight excluding hydrogens is 254 g/mol. The van der Waals surface area contributed by atoms with Gasteiger partial charge in [-0.05, 0) is 17.9 Å². The molecule has 0 spiro atoms. The van der Waals surface area contributed by atoms with Gasteiger partial charge in [-0.1, -0.05) is 29.4 Å². The van der Waals surface area contributed by atoms with Crippen molar-refractivity contribution in [1.82, 2.24) is 15.1 Å². The number of aromatic nitrogens is 3. The lowest BCUT2D eigenvalue weighted by atomic mass is 10.1. The quantitative estimate of drug-likeness (QED) is 0.714. The fourth-order valence-corrected chi connectivity index (χ4v) is 2.53. The Bertz CT molecular complexity index is 742. The maximum atomic E-state index is 5.39. The molecule has 0 saturated carbocycles. The Morgan fingerprint density at radius 1 is 1.15 bits per heavy atom. The molecule has 1 atom stereocenters. The van der Waals surface area contributed by atoms with Crippen LogP contribution in [0.5, 0.6) is 0 Å². The minimum atomic E-state index is 0.238. The third-order valence-corrected chi connectivity index (χ3v) is 3.61. The van der Waals surface area contributed by atoms with Crippen LogP contribution >= 0.6 is 0 Å². The molecule has 0 N–H and O–H groups in total. The average Bonchev–Trinajstić information content (AvgIpc) is 3.17. The van der Waals surface area contributed by atoms with Gasteiger partial charge in [0, 0.05) is 24.1 Å².